The molecule has 1 aromatic rings. The molecule has 1 saturated carbocycles. The van der Waals surface area contributed by atoms with E-state index in [-0.39, 0.29) is 11.6 Å². The van der Waals surface area contributed by atoms with E-state index in [4.69, 9.17) is 9.47 Å². The first-order chi connectivity index (χ1) is 11.5. The molecule has 2 rings (SSSR count). The summed E-state index contributed by atoms with van der Waals surface area (Å²) in [5, 5.41) is 4.88. The van der Waals surface area contributed by atoms with Crippen LogP contribution in [0.25, 0.3) is 0 Å². The summed E-state index contributed by atoms with van der Waals surface area (Å²) in [4.78, 5) is 35.4. The van der Waals surface area contributed by atoms with E-state index in [9.17, 15) is 14.4 Å². The number of benzene rings is 1. The predicted octanol–water partition coefficient (Wildman–Crippen LogP) is 1.93. The molecule has 3 amide bonds. The second kappa shape index (κ2) is 8.33. The predicted molar refractivity (Wildman–Crippen MR) is 86.9 cm³/mol. The van der Waals surface area contributed by atoms with Crippen LogP contribution in [0, 0.1) is 6.92 Å². The van der Waals surface area contributed by atoms with Gasteiger partial charge in [-0.05, 0) is 31.9 Å². The molecule has 0 saturated heterocycles. The van der Waals surface area contributed by atoms with Crippen LogP contribution in [0.1, 0.15) is 41.6 Å². The second-order valence-electron chi connectivity index (χ2n) is 5.78. The Morgan fingerprint density at radius 1 is 1.21 bits per heavy atom. The zero-order valence-corrected chi connectivity index (χ0v) is 13.9. The summed E-state index contributed by atoms with van der Waals surface area (Å²) in [6.45, 7) is 1.30. The molecule has 0 spiro atoms. The highest BCUT2D eigenvalue weighted by Crippen LogP contribution is 2.20. The Hall–Kier alpha value is -2.57. The first-order valence-electron chi connectivity index (χ1n) is 7.91. The van der Waals surface area contributed by atoms with Crippen molar-refractivity contribution in [3.8, 4) is 5.75 Å². The van der Waals surface area contributed by atoms with E-state index in [0.717, 1.165) is 31.2 Å². The topological polar surface area (TPSA) is 93.7 Å². The number of urea groups is 1. The maximum Gasteiger partial charge on any atom is 0.342 e. The number of nitrogens with one attached hydrogen (secondary N) is 2. The van der Waals surface area contributed by atoms with Gasteiger partial charge in [-0.25, -0.2) is 9.59 Å². The minimum Gasteiger partial charge on any atom is -0.496 e. The van der Waals surface area contributed by atoms with Crippen LogP contribution in [0.15, 0.2) is 18.2 Å². The smallest absolute Gasteiger partial charge is 0.342 e. The van der Waals surface area contributed by atoms with Gasteiger partial charge in [0.05, 0.1) is 7.11 Å². The van der Waals surface area contributed by atoms with Crippen LogP contribution in [0.4, 0.5) is 4.79 Å². The summed E-state index contributed by atoms with van der Waals surface area (Å²) in [5.41, 5.74) is 1.10. The molecule has 1 aromatic carbocycles. The molecule has 0 radical (unpaired) electrons. The van der Waals surface area contributed by atoms with E-state index in [1.165, 1.54) is 7.11 Å². The quantitative estimate of drug-likeness (QED) is 0.803. The number of methoxy groups -OCH3 is 1. The number of amides is 3. The number of hydrogen-bond donors (Lipinski definition) is 2. The molecule has 0 heterocycles. The SMILES string of the molecule is COc1ccc(C)cc1C(=O)OCC(=O)NC(=O)NC1CCCC1. The number of aryl methyl sites for hydroxylation is 1. The van der Waals surface area contributed by atoms with Crippen molar-refractivity contribution in [1.82, 2.24) is 10.6 Å². The van der Waals surface area contributed by atoms with Gasteiger partial charge in [0, 0.05) is 6.04 Å². The van der Waals surface area contributed by atoms with Gasteiger partial charge in [-0.1, -0.05) is 24.5 Å². The van der Waals surface area contributed by atoms with Gasteiger partial charge in [-0.2, -0.15) is 0 Å². The van der Waals surface area contributed by atoms with Crippen molar-refractivity contribution in [3.05, 3.63) is 29.3 Å². The molecule has 130 valence electrons. The van der Waals surface area contributed by atoms with Gasteiger partial charge in [0.15, 0.2) is 6.61 Å². The minimum atomic E-state index is -0.679. The molecule has 0 aromatic heterocycles. The number of rotatable bonds is 5. The summed E-state index contributed by atoms with van der Waals surface area (Å²) in [7, 11) is 1.45. The Balaban J connectivity index is 1.81. The largest absolute Gasteiger partial charge is 0.496 e. The zero-order valence-electron chi connectivity index (χ0n) is 13.9. The van der Waals surface area contributed by atoms with Crippen LogP contribution in [0.2, 0.25) is 0 Å². The van der Waals surface area contributed by atoms with Crippen molar-refractivity contribution in [3.63, 3.8) is 0 Å². The van der Waals surface area contributed by atoms with Crippen LogP contribution >= 0.6 is 0 Å². The summed E-state index contributed by atoms with van der Waals surface area (Å²) in [6.07, 6.45) is 4.00. The fourth-order valence-corrected chi connectivity index (χ4v) is 2.64. The molecule has 24 heavy (non-hydrogen) atoms. The monoisotopic (exact) mass is 334 g/mol. The Morgan fingerprint density at radius 3 is 2.58 bits per heavy atom. The maximum atomic E-state index is 12.1. The molecule has 7 heteroatoms. The molecular weight excluding hydrogens is 312 g/mol. The van der Waals surface area contributed by atoms with Crippen molar-refractivity contribution in [2.45, 2.75) is 38.6 Å². The molecular formula is C17H22N2O5. The Labute approximate surface area is 140 Å². The van der Waals surface area contributed by atoms with Gasteiger partial charge in [0.25, 0.3) is 5.91 Å². The standard InChI is InChI=1S/C17H22N2O5/c1-11-7-8-14(23-2)13(9-11)16(21)24-10-15(20)19-17(22)18-12-5-3-4-6-12/h7-9,12H,3-6,10H2,1-2H3,(H2,18,19,20,22). The van der Waals surface area contributed by atoms with Crippen LogP contribution in [0.5, 0.6) is 5.75 Å². The molecule has 0 atom stereocenters. The number of carbonyl (C=O) groups is 3. The van der Waals surface area contributed by atoms with Crippen molar-refractivity contribution in [2.24, 2.45) is 0 Å². The van der Waals surface area contributed by atoms with Crippen LogP contribution in [0.3, 0.4) is 0 Å². The van der Waals surface area contributed by atoms with Gasteiger partial charge < -0.3 is 14.8 Å². The summed E-state index contributed by atoms with van der Waals surface area (Å²) < 4.78 is 10.0. The average molecular weight is 334 g/mol. The summed E-state index contributed by atoms with van der Waals surface area (Å²) in [6, 6.07) is 4.62. The van der Waals surface area contributed by atoms with Gasteiger partial charge in [-0.3, -0.25) is 10.1 Å². The maximum absolute atomic E-state index is 12.1. The number of carbonyl (C=O) groups excluding carboxylic acids is 3. The lowest BCUT2D eigenvalue weighted by Gasteiger charge is -2.12. The van der Waals surface area contributed by atoms with E-state index >= 15 is 0 Å². The molecule has 1 aliphatic carbocycles. The number of imide groups is 1. The third-order valence-electron chi connectivity index (χ3n) is 3.85. The third kappa shape index (κ3) is 4.97. The van der Waals surface area contributed by atoms with Crippen molar-refractivity contribution < 1.29 is 23.9 Å². The van der Waals surface area contributed by atoms with Gasteiger partial charge in [0.1, 0.15) is 11.3 Å². The van der Waals surface area contributed by atoms with E-state index in [2.05, 4.69) is 10.6 Å². The first-order valence-corrected chi connectivity index (χ1v) is 7.91. The van der Waals surface area contributed by atoms with Crippen molar-refractivity contribution in [2.75, 3.05) is 13.7 Å². The highest BCUT2D eigenvalue weighted by atomic mass is 16.5. The highest BCUT2D eigenvalue weighted by Gasteiger charge is 2.19. The Kier molecular flexibility index (Phi) is 6.17. The fraction of sp³-hybridized carbons (Fsp3) is 0.471. The van der Waals surface area contributed by atoms with E-state index in [1.807, 2.05) is 6.92 Å². The first kappa shape index (κ1) is 17.8. The normalized spacial score (nSPS) is 14.1. The van der Waals surface area contributed by atoms with Crippen LogP contribution in [-0.2, 0) is 9.53 Å². The lowest BCUT2D eigenvalue weighted by atomic mass is 10.1. The van der Waals surface area contributed by atoms with Crippen LogP contribution in [-0.4, -0.2) is 37.7 Å². The number of ether oxygens (including phenoxy) is 2. The Morgan fingerprint density at radius 2 is 1.92 bits per heavy atom. The lowest BCUT2D eigenvalue weighted by Crippen LogP contribution is -2.45. The van der Waals surface area contributed by atoms with E-state index in [0.29, 0.717) is 5.75 Å². The fourth-order valence-electron chi connectivity index (χ4n) is 2.64. The molecule has 2 N–H and O–H groups in total. The second-order valence-corrected chi connectivity index (χ2v) is 5.78. The average Bonchev–Trinajstić information content (AvgIpc) is 3.05. The highest BCUT2D eigenvalue weighted by molar-refractivity contribution is 5.98. The van der Waals surface area contributed by atoms with Gasteiger partial charge >= 0.3 is 12.0 Å². The molecule has 7 nitrogen and oxygen atoms in total. The summed E-state index contributed by atoms with van der Waals surface area (Å²) >= 11 is 0. The van der Waals surface area contributed by atoms with E-state index in [1.54, 1.807) is 18.2 Å². The van der Waals surface area contributed by atoms with Gasteiger partial charge in [-0.15, -0.1) is 0 Å². The molecule has 0 aliphatic heterocycles. The molecule has 0 unspecified atom stereocenters. The molecule has 0 bridgehead atoms. The third-order valence-corrected chi connectivity index (χ3v) is 3.85. The lowest BCUT2D eigenvalue weighted by molar-refractivity contribution is -0.123. The number of esters is 1. The van der Waals surface area contributed by atoms with Gasteiger partial charge in [0.2, 0.25) is 0 Å². The minimum absolute atomic E-state index is 0.108. The van der Waals surface area contributed by atoms with E-state index < -0.39 is 24.5 Å². The van der Waals surface area contributed by atoms with Crippen molar-refractivity contribution in [1.29, 1.82) is 0 Å². The summed E-state index contributed by atoms with van der Waals surface area (Å²) in [5.74, 6) is -0.989. The van der Waals surface area contributed by atoms with Crippen LogP contribution < -0.4 is 15.4 Å². The van der Waals surface area contributed by atoms with Crippen molar-refractivity contribution >= 4 is 17.9 Å². The molecule has 1 fully saturated rings. The molecule has 1 aliphatic rings. The zero-order chi connectivity index (χ0) is 17.5. The Bertz CT molecular complexity index is 623. The number of hydrogen-bond acceptors (Lipinski definition) is 5.